The van der Waals surface area contributed by atoms with Crippen molar-refractivity contribution < 1.29 is 31.5 Å². The third-order valence-electron chi connectivity index (χ3n) is 6.80. The molecule has 16 heteroatoms. The maximum Gasteiger partial charge on any atom is 0.421 e. The van der Waals surface area contributed by atoms with Gasteiger partial charge in [0.2, 0.25) is 5.95 Å². The third-order valence-corrected chi connectivity index (χ3v) is 6.80. The van der Waals surface area contributed by atoms with Gasteiger partial charge in [-0.1, -0.05) is 6.92 Å². The van der Waals surface area contributed by atoms with E-state index in [-0.39, 0.29) is 35.7 Å². The Hall–Kier alpha value is -4.37. The van der Waals surface area contributed by atoms with Crippen molar-refractivity contribution >= 4 is 23.6 Å². The van der Waals surface area contributed by atoms with E-state index in [0.717, 1.165) is 6.20 Å². The van der Waals surface area contributed by atoms with Crippen LogP contribution in [0.5, 0.6) is 6.01 Å². The van der Waals surface area contributed by atoms with Gasteiger partial charge in [-0.25, -0.2) is 33.5 Å². The van der Waals surface area contributed by atoms with Crippen LogP contribution >= 0.6 is 0 Å². The maximum atomic E-state index is 13.4. The predicted octanol–water partition coefficient (Wildman–Crippen LogP) is 5.38. The number of hydrogen-bond donors (Lipinski definition) is 3. The van der Waals surface area contributed by atoms with Gasteiger partial charge in [0.1, 0.15) is 17.2 Å². The van der Waals surface area contributed by atoms with Gasteiger partial charge in [-0.3, -0.25) is 4.90 Å². The molecule has 1 fully saturated rings. The van der Waals surface area contributed by atoms with E-state index in [2.05, 4.69) is 40.9 Å². The van der Waals surface area contributed by atoms with Crippen LogP contribution < -0.4 is 25.6 Å². The lowest BCUT2D eigenvalue weighted by atomic mass is 9.90. The summed E-state index contributed by atoms with van der Waals surface area (Å²) in [4.78, 5) is 34.9. The van der Waals surface area contributed by atoms with E-state index < -0.39 is 30.7 Å². The highest BCUT2D eigenvalue weighted by atomic mass is 19.4. The number of rotatable bonds is 11. The molecule has 11 nitrogen and oxygen atoms in total. The molecule has 1 aliphatic rings. The number of amides is 2. The Bertz CT molecular complexity index is 1340. The average molecular weight is 610 g/mol. The smallest absolute Gasteiger partial charge is 0.421 e. The molecule has 0 unspecified atom stereocenters. The minimum absolute atomic E-state index is 0.0568. The maximum absolute atomic E-state index is 13.4. The van der Waals surface area contributed by atoms with Gasteiger partial charge >= 0.3 is 18.2 Å². The van der Waals surface area contributed by atoms with Crippen molar-refractivity contribution in [2.45, 2.75) is 63.7 Å². The lowest BCUT2D eigenvalue weighted by Gasteiger charge is -2.36. The summed E-state index contributed by atoms with van der Waals surface area (Å²) in [5, 5.41) is 8.06. The third kappa shape index (κ3) is 8.35. The molecule has 3 aromatic heterocycles. The quantitative estimate of drug-likeness (QED) is 0.245. The number of alkyl halides is 5. The van der Waals surface area contributed by atoms with E-state index >= 15 is 0 Å². The summed E-state index contributed by atoms with van der Waals surface area (Å²) in [6.07, 6.45) is 0.678. The van der Waals surface area contributed by atoms with Gasteiger partial charge in [0, 0.05) is 54.5 Å². The zero-order chi connectivity index (χ0) is 31.0. The second kappa shape index (κ2) is 14.2. The Morgan fingerprint density at radius 1 is 1.02 bits per heavy atom. The number of halogens is 5. The van der Waals surface area contributed by atoms with Crippen LogP contribution in [0.4, 0.5) is 44.3 Å². The van der Waals surface area contributed by atoms with Gasteiger partial charge < -0.3 is 20.7 Å². The first kappa shape index (κ1) is 31.6. The highest BCUT2D eigenvalue weighted by Crippen LogP contribution is 2.34. The van der Waals surface area contributed by atoms with Crippen LogP contribution in [-0.2, 0) is 6.18 Å². The number of nitrogens with zero attached hydrogens (tertiary/aromatic N) is 6. The molecule has 2 amide bonds. The van der Waals surface area contributed by atoms with Crippen molar-refractivity contribution in [3.63, 3.8) is 0 Å². The molecule has 1 aliphatic carbocycles. The number of carbonyl (C=O) groups excluding carboxylic acids is 1. The largest absolute Gasteiger partial charge is 0.467 e. The first-order valence-electron chi connectivity index (χ1n) is 13.7. The number of urea groups is 1. The molecular weight excluding hydrogens is 577 g/mol. The van der Waals surface area contributed by atoms with Crippen LogP contribution in [0.15, 0.2) is 36.9 Å². The molecule has 3 heterocycles. The zero-order valence-corrected chi connectivity index (χ0v) is 23.5. The fourth-order valence-electron chi connectivity index (χ4n) is 4.67. The molecule has 0 aromatic carbocycles. The molecule has 3 N–H and O–H groups in total. The van der Waals surface area contributed by atoms with E-state index in [0.29, 0.717) is 49.8 Å². The lowest BCUT2D eigenvalue weighted by molar-refractivity contribution is -0.137. The van der Waals surface area contributed by atoms with Crippen molar-refractivity contribution in [2.75, 3.05) is 35.7 Å². The Labute approximate surface area is 244 Å². The molecule has 0 atom stereocenters. The number of ether oxygens (including phenoxy) is 1. The van der Waals surface area contributed by atoms with Crippen LogP contribution in [0.25, 0.3) is 11.1 Å². The molecule has 4 rings (SSSR count). The van der Waals surface area contributed by atoms with Gasteiger partial charge in [0.25, 0.3) is 6.43 Å². The van der Waals surface area contributed by atoms with Gasteiger partial charge in [-0.2, -0.15) is 18.2 Å². The van der Waals surface area contributed by atoms with Crippen LogP contribution in [0, 0.1) is 0 Å². The summed E-state index contributed by atoms with van der Waals surface area (Å²) in [5.41, 5.74) is 0.397. The predicted molar refractivity (Wildman–Crippen MR) is 149 cm³/mol. The summed E-state index contributed by atoms with van der Waals surface area (Å²) < 4.78 is 70.9. The van der Waals surface area contributed by atoms with Crippen molar-refractivity contribution in [3.05, 3.63) is 42.5 Å². The SMILES string of the molecule is CCCNc1nc(N[C@H]2CC[C@H](N(C(=O)NCC(F)F)c3ccc(-c4cnc(OC)nc4)cn3)CC2)ncc1C(F)(F)F. The number of hydrogen-bond acceptors (Lipinski definition) is 9. The lowest BCUT2D eigenvalue weighted by Crippen LogP contribution is -2.50. The number of carbonyl (C=O) groups is 1. The van der Waals surface area contributed by atoms with Gasteiger partial charge in [-0.05, 0) is 44.2 Å². The van der Waals surface area contributed by atoms with Crippen LogP contribution in [-0.4, -0.2) is 69.7 Å². The van der Waals surface area contributed by atoms with Crippen molar-refractivity contribution in [1.82, 2.24) is 30.2 Å². The molecule has 43 heavy (non-hydrogen) atoms. The summed E-state index contributed by atoms with van der Waals surface area (Å²) >= 11 is 0. The van der Waals surface area contributed by atoms with E-state index in [1.165, 1.54) is 18.2 Å². The summed E-state index contributed by atoms with van der Waals surface area (Å²) in [5.74, 6) is 0.0403. The minimum atomic E-state index is -4.60. The highest BCUT2D eigenvalue weighted by molar-refractivity contribution is 5.91. The van der Waals surface area contributed by atoms with Crippen molar-refractivity contribution in [3.8, 4) is 17.1 Å². The molecule has 1 saturated carbocycles. The monoisotopic (exact) mass is 609 g/mol. The fourth-order valence-corrected chi connectivity index (χ4v) is 4.67. The molecule has 0 spiro atoms. The topological polar surface area (TPSA) is 130 Å². The first-order chi connectivity index (χ1) is 20.6. The normalized spacial score (nSPS) is 16.9. The molecular formula is C27H32F5N9O2. The standard InChI is InChI=1S/C27H32F5N9O2/c1-3-10-33-23-20(27(30,31)32)14-35-24(40-23)39-18-5-7-19(8-6-18)41(26(42)38-15-21(28)29)22-9-4-16(11-34-22)17-12-36-25(43-2)37-13-17/h4,9,11-14,18-19,21H,3,5-8,10,15H2,1-2H3,(H,38,42)(H2,33,35,39,40)/t18-,19-. The first-order valence-corrected chi connectivity index (χ1v) is 13.7. The van der Waals surface area contributed by atoms with Gasteiger partial charge in [0.05, 0.1) is 13.7 Å². The molecule has 0 radical (unpaired) electrons. The number of methoxy groups -OCH3 is 1. The Morgan fingerprint density at radius 2 is 1.72 bits per heavy atom. The molecule has 0 bridgehead atoms. The van der Waals surface area contributed by atoms with E-state index in [1.807, 2.05) is 6.92 Å². The van der Waals surface area contributed by atoms with Crippen LogP contribution in [0.2, 0.25) is 0 Å². The Kier molecular flexibility index (Phi) is 10.4. The average Bonchev–Trinajstić information content (AvgIpc) is 3.00. The van der Waals surface area contributed by atoms with Crippen LogP contribution in [0.1, 0.15) is 44.6 Å². The minimum Gasteiger partial charge on any atom is -0.467 e. The van der Waals surface area contributed by atoms with E-state index in [1.54, 1.807) is 24.5 Å². The Balaban J connectivity index is 1.46. The molecule has 232 valence electrons. The number of pyridine rings is 1. The van der Waals surface area contributed by atoms with E-state index in [4.69, 9.17) is 4.74 Å². The number of nitrogens with one attached hydrogen (secondary N) is 3. The summed E-state index contributed by atoms with van der Waals surface area (Å²) in [6, 6.07) is 2.30. The van der Waals surface area contributed by atoms with Crippen molar-refractivity contribution in [1.29, 1.82) is 0 Å². The molecule has 3 aromatic rings. The second-order valence-corrected chi connectivity index (χ2v) is 9.84. The highest BCUT2D eigenvalue weighted by Gasteiger charge is 2.36. The summed E-state index contributed by atoms with van der Waals surface area (Å²) in [6.45, 7) is 1.33. The molecule has 0 saturated heterocycles. The van der Waals surface area contributed by atoms with Crippen molar-refractivity contribution in [2.24, 2.45) is 0 Å². The van der Waals surface area contributed by atoms with Gasteiger partial charge in [0.15, 0.2) is 0 Å². The number of anilines is 3. The number of aromatic nitrogens is 5. The Morgan fingerprint density at radius 3 is 2.30 bits per heavy atom. The van der Waals surface area contributed by atoms with Crippen LogP contribution in [0.3, 0.4) is 0 Å². The summed E-state index contributed by atoms with van der Waals surface area (Å²) in [7, 11) is 1.45. The molecule has 0 aliphatic heterocycles. The van der Waals surface area contributed by atoms with Gasteiger partial charge in [-0.15, -0.1) is 0 Å². The zero-order valence-electron chi connectivity index (χ0n) is 23.5. The fraction of sp³-hybridized carbons (Fsp3) is 0.481. The van der Waals surface area contributed by atoms with E-state index in [9.17, 15) is 26.7 Å². The second-order valence-electron chi connectivity index (χ2n) is 9.84.